The molecule has 1 heteroatoms. The number of allylic oxidation sites excluding steroid dienone is 5. The van der Waals surface area contributed by atoms with Gasteiger partial charge in [0.15, 0.2) is 0 Å². The molecule has 0 bridgehead atoms. The summed E-state index contributed by atoms with van der Waals surface area (Å²) >= 11 is 0. The maximum Gasteiger partial charge on any atom is 0.0298 e. The Morgan fingerprint density at radius 3 is 2.50 bits per heavy atom. The fraction of sp³-hybridized carbons (Fsp3) is 0.364. The highest BCUT2D eigenvalue weighted by Gasteiger charge is 1.89. The van der Waals surface area contributed by atoms with Gasteiger partial charge in [0.2, 0.25) is 0 Å². The number of rotatable bonds is 4. The maximum atomic E-state index is 3.94. The third kappa shape index (κ3) is 5.66. The van der Waals surface area contributed by atoms with Crippen LogP contribution in [-0.2, 0) is 0 Å². The summed E-state index contributed by atoms with van der Waals surface area (Å²) in [5.41, 5.74) is 1.29. The van der Waals surface area contributed by atoms with E-state index in [0.29, 0.717) is 0 Å². The molecule has 0 N–H and O–H groups in total. The molecule has 0 aromatic rings. The molecule has 12 heavy (non-hydrogen) atoms. The van der Waals surface area contributed by atoms with E-state index in [-0.39, 0.29) is 5.92 Å². The molecule has 1 atom stereocenters. The van der Waals surface area contributed by atoms with Crippen LogP contribution in [0.15, 0.2) is 41.4 Å². The SMILES string of the molecule is C=CC(C=NC)/C=C\C=C(C)C. The van der Waals surface area contributed by atoms with E-state index in [1.807, 2.05) is 18.4 Å². The summed E-state index contributed by atoms with van der Waals surface area (Å²) in [7, 11) is 1.77. The summed E-state index contributed by atoms with van der Waals surface area (Å²) in [5.74, 6) is 0.255. The van der Waals surface area contributed by atoms with Gasteiger partial charge < -0.3 is 0 Å². The van der Waals surface area contributed by atoms with E-state index in [2.05, 4.69) is 37.6 Å². The van der Waals surface area contributed by atoms with Crippen LogP contribution in [0, 0.1) is 5.92 Å². The zero-order chi connectivity index (χ0) is 9.40. The van der Waals surface area contributed by atoms with Crippen LogP contribution < -0.4 is 0 Å². The normalized spacial score (nSPS) is 13.6. The zero-order valence-electron chi connectivity index (χ0n) is 8.12. The number of hydrogen-bond acceptors (Lipinski definition) is 1. The molecule has 1 nitrogen and oxygen atoms in total. The van der Waals surface area contributed by atoms with Crippen molar-refractivity contribution in [1.82, 2.24) is 0 Å². The molecule has 66 valence electrons. The number of hydrogen-bond donors (Lipinski definition) is 0. The van der Waals surface area contributed by atoms with E-state index in [1.165, 1.54) is 5.57 Å². The quantitative estimate of drug-likeness (QED) is 0.343. The highest BCUT2D eigenvalue weighted by atomic mass is 14.6. The van der Waals surface area contributed by atoms with Gasteiger partial charge in [-0.2, -0.15) is 0 Å². The largest absolute Gasteiger partial charge is 0.300 e. The second-order valence-electron chi connectivity index (χ2n) is 2.85. The van der Waals surface area contributed by atoms with Crippen molar-refractivity contribution in [3.8, 4) is 0 Å². The van der Waals surface area contributed by atoms with Crippen molar-refractivity contribution in [3.05, 3.63) is 36.5 Å². The second-order valence-corrected chi connectivity index (χ2v) is 2.85. The molecule has 0 aromatic carbocycles. The molecule has 0 heterocycles. The predicted octanol–water partition coefficient (Wildman–Crippen LogP) is 3.01. The summed E-state index contributed by atoms with van der Waals surface area (Å²) in [5, 5.41) is 0. The lowest BCUT2D eigenvalue weighted by atomic mass is 10.1. The molecular formula is C11H17N. The van der Waals surface area contributed by atoms with Crippen LogP contribution in [0.4, 0.5) is 0 Å². The molecule has 0 aliphatic carbocycles. The van der Waals surface area contributed by atoms with Gasteiger partial charge in [-0.25, -0.2) is 0 Å². The lowest BCUT2D eigenvalue weighted by Gasteiger charge is -1.95. The van der Waals surface area contributed by atoms with Gasteiger partial charge in [-0.05, 0) is 13.8 Å². The van der Waals surface area contributed by atoms with Crippen molar-refractivity contribution < 1.29 is 0 Å². The number of nitrogens with zero attached hydrogens (tertiary/aromatic N) is 1. The topological polar surface area (TPSA) is 12.4 Å². The van der Waals surface area contributed by atoms with Gasteiger partial charge in [0.25, 0.3) is 0 Å². The molecule has 1 unspecified atom stereocenters. The van der Waals surface area contributed by atoms with Gasteiger partial charge in [0.05, 0.1) is 0 Å². The average Bonchev–Trinajstić information content (AvgIpc) is 2.02. The first-order valence-corrected chi connectivity index (χ1v) is 4.07. The van der Waals surface area contributed by atoms with E-state index in [1.54, 1.807) is 7.05 Å². The highest BCUT2D eigenvalue weighted by molar-refractivity contribution is 5.65. The third-order valence-electron chi connectivity index (χ3n) is 1.36. The Bertz CT molecular complexity index is 205. The molecule has 0 amide bonds. The highest BCUT2D eigenvalue weighted by Crippen LogP contribution is 1.98. The summed E-state index contributed by atoms with van der Waals surface area (Å²) in [6.07, 6.45) is 9.89. The lowest BCUT2D eigenvalue weighted by molar-refractivity contribution is 1.16. The summed E-state index contributed by atoms with van der Waals surface area (Å²) in [6.45, 7) is 7.86. The molecular weight excluding hydrogens is 146 g/mol. The van der Waals surface area contributed by atoms with Crippen LogP contribution in [0.25, 0.3) is 0 Å². The van der Waals surface area contributed by atoms with Gasteiger partial charge in [-0.3, -0.25) is 4.99 Å². The molecule has 0 saturated carbocycles. The summed E-state index contributed by atoms with van der Waals surface area (Å²) < 4.78 is 0. The Morgan fingerprint density at radius 1 is 1.42 bits per heavy atom. The van der Waals surface area contributed by atoms with Crippen molar-refractivity contribution in [1.29, 1.82) is 0 Å². The van der Waals surface area contributed by atoms with Crippen molar-refractivity contribution in [2.75, 3.05) is 7.05 Å². The molecule has 0 radical (unpaired) electrons. The van der Waals surface area contributed by atoms with Crippen LogP contribution in [0.5, 0.6) is 0 Å². The van der Waals surface area contributed by atoms with Gasteiger partial charge in [0, 0.05) is 19.2 Å². The minimum Gasteiger partial charge on any atom is -0.300 e. The Hall–Kier alpha value is -1.11. The van der Waals surface area contributed by atoms with Crippen LogP contribution >= 0.6 is 0 Å². The Morgan fingerprint density at radius 2 is 2.08 bits per heavy atom. The van der Waals surface area contributed by atoms with Gasteiger partial charge in [0.1, 0.15) is 0 Å². The van der Waals surface area contributed by atoms with Gasteiger partial charge in [-0.15, -0.1) is 6.58 Å². The lowest BCUT2D eigenvalue weighted by Crippen LogP contribution is -1.90. The minimum atomic E-state index is 0.255. The van der Waals surface area contributed by atoms with Gasteiger partial charge in [-0.1, -0.05) is 29.9 Å². The van der Waals surface area contributed by atoms with Crippen molar-refractivity contribution >= 4 is 6.21 Å². The third-order valence-corrected chi connectivity index (χ3v) is 1.36. The van der Waals surface area contributed by atoms with Crippen molar-refractivity contribution in [2.24, 2.45) is 10.9 Å². The van der Waals surface area contributed by atoms with E-state index in [0.717, 1.165) is 0 Å². The second kappa shape index (κ2) is 6.59. The van der Waals surface area contributed by atoms with E-state index < -0.39 is 0 Å². The van der Waals surface area contributed by atoms with Crippen molar-refractivity contribution in [3.63, 3.8) is 0 Å². The fourth-order valence-corrected chi connectivity index (χ4v) is 0.738. The Balaban J connectivity index is 4.10. The average molecular weight is 163 g/mol. The van der Waals surface area contributed by atoms with E-state index in [9.17, 15) is 0 Å². The van der Waals surface area contributed by atoms with Crippen molar-refractivity contribution in [2.45, 2.75) is 13.8 Å². The molecule has 0 aromatic heterocycles. The Labute approximate surface area is 75.2 Å². The molecule has 0 rings (SSSR count). The minimum absolute atomic E-state index is 0.255. The van der Waals surface area contributed by atoms with Gasteiger partial charge >= 0.3 is 0 Å². The van der Waals surface area contributed by atoms with E-state index >= 15 is 0 Å². The fourth-order valence-electron chi connectivity index (χ4n) is 0.738. The molecule has 0 fully saturated rings. The molecule has 0 aliphatic heterocycles. The smallest absolute Gasteiger partial charge is 0.0298 e. The summed E-state index contributed by atoms with van der Waals surface area (Å²) in [6, 6.07) is 0. The molecule has 0 spiro atoms. The number of aliphatic imine (C=N–C) groups is 1. The van der Waals surface area contributed by atoms with Crippen LogP contribution in [0.3, 0.4) is 0 Å². The first-order valence-electron chi connectivity index (χ1n) is 4.07. The summed E-state index contributed by atoms with van der Waals surface area (Å²) in [4.78, 5) is 3.94. The Kier molecular flexibility index (Phi) is 5.98. The van der Waals surface area contributed by atoms with E-state index in [4.69, 9.17) is 0 Å². The molecule has 0 aliphatic rings. The molecule has 0 saturated heterocycles. The first-order chi connectivity index (χ1) is 5.70. The van der Waals surface area contributed by atoms with Crippen LogP contribution in [0.2, 0.25) is 0 Å². The standard InChI is InChI=1S/C11H17N/c1-5-11(9-12-4)8-6-7-10(2)3/h5-9,11H,1H2,2-4H3/b8-6-,12-9?. The predicted molar refractivity (Wildman–Crippen MR) is 56.7 cm³/mol. The maximum absolute atomic E-state index is 3.94. The van der Waals surface area contributed by atoms with Crippen LogP contribution in [-0.4, -0.2) is 13.3 Å². The zero-order valence-corrected chi connectivity index (χ0v) is 8.12. The van der Waals surface area contributed by atoms with Crippen LogP contribution in [0.1, 0.15) is 13.8 Å². The first kappa shape index (κ1) is 10.9. The monoisotopic (exact) mass is 163 g/mol.